The number of hydrogen-bond donors (Lipinski definition) is 1. The summed E-state index contributed by atoms with van der Waals surface area (Å²) in [5.74, 6) is -0.349. The molecule has 6 heteroatoms. The predicted octanol–water partition coefficient (Wildman–Crippen LogP) is 2.32. The van der Waals surface area contributed by atoms with E-state index in [1.807, 2.05) is 13.8 Å². The molecule has 1 amide bonds. The zero-order valence-corrected chi connectivity index (χ0v) is 12.9. The molecule has 1 aromatic carbocycles. The Morgan fingerprint density at radius 3 is 2.48 bits per heavy atom. The summed E-state index contributed by atoms with van der Waals surface area (Å²) in [5.41, 5.74) is 6.30. The van der Waals surface area contributed by atoms with Crippen molar-refractivity contribution >= 4 is 11.8 Å². The van der Waals surface area contributed by atoms with E-state index in [0.29, 0.717) is 38.3 Å². The Hall–Kier alpha value is -1.82. The average Bonchev–Trinajstić information content (AvgIpc) is 2.54. The van der Waals surface area contributed by atoms with Crippen LogP contribution in [-0.2, 0) is 11.3 Å². The standard InChI is InChI=1S/C13H18FN3O2.C2H6/c1-19-13(18)17-7-5-16(6-8-17)9-10-3-2-4-11(15)12(10)14;1-2/h2-4H,5-9,15H2,1H3;1-2H3. The number of carbonyl (C=O) groups excluding carboxylic acids is 1. The van der Waals surface area contributed by atoms with Gasteiger partial charge in [0.15, 0.2) is 5.82 Å². The molecule has 0 radical (unpaired) electrons. The van der Waals surface area contributed by atoms with Crippen molar-refractivity contribution in [3.05, 3.63) is 29.6 Å². The first-order chi connectivity index (χ1) is 10.1. The van der Waals surface area contributed by atoms with Crippen LogP contribution < -0.4 is 5.73 Å². The Morgan fingerprint density at radius 2 is 1.90 bits per heavy atom. The smallest absolute Gasteiger partial charge is 0.409 e. The van der Waals surface area contributed by atoms with Gasteiger partial charge in [-0.15, -0.1) is 0 Å². The Kier molecular flexibility index (Phi) is 6.94. The number of anilines is 1. The highest BCUT2D eigenvalue weighted by molar-refractivity contribution is 5.67. The number of amides is 1. The van der Waals surface area contributed by atoms with Crippen molar-refractivity contribution in [2.45, 2.75) is 20.4 Å². The molecule has 0 bridgehead atoms. The van der Waals surface area contributed by atoms with Crippen LogP contribution in [0.5, 0.6) is 0 Å². The fraction of sp³-hybridized carbons (Fsp3) is 0.533. The van der Waals surface area contributed by atoms with Gasteiger partial charge in [-0.3, -0.25) is 4.90 Å². The van der Waals surface area contributed by atoms with Gasteiger partial charge < -0.3 is 15.4 Å². The van der Waals surface area contributed by atoms with Crippen LogP contribution in [0.1, 0.15) is 19.4 Å². The monoisotopic (exact) mass is 297 g/mol. The first kappa shape index (κ1) is 17.2. The van der Waals surface area contributed by atoms with Crippen molar-refractivity contribution in [3.8, 4) is 0 Å². The van der Waals surface area contributed by atoms with Gasteiger partial charge in [0.2, 0.25) is 0 Å². The van der Waals surface area contributed by atoms with Gasteiger partial charge in [0.1, 0.15) is 0 Å². The van der Waals surface area contributed by atoms with Crippen LogP contribution in [0.4, 0.5) is 14.9 Å². The molecule has 0 spiro atoms. The van der Waals surface area contributed by atoms with Gasteiger partial charge in [-0.25, -0.2) is 9.18 Å². The maximum absolute atomic E-state index is 13.8. The second-order valence-corrected chi connectivity index (χ2v) is 4.55. The van der Waals surface area contributed by atoms with Crippen molar-refractivity contribution in [1.82, 2.24) is 9.80 Å². The molecule has 0 atom stereocenters. The molecule has 1 fully saturated rings. The van der Waals surface area contributed by atoms with Crippen molar-refractivity contribution in [1.29, 1.82) is 0 Å². The molecule has 0 saturated carbocycles. The number of carbonyl (C=O) groups is 1. The lowest BCUT2D eigenvalue weighted by Crippen LogP contribution is -2.48. The fourth-order valence-electron chi connectivity index (χ4n) is 2.18. The lowest BCUT2D eigenvalue weighted by molar-refractivity contribution is 0.0885. The largest absolute Gasteiger partial charge is 0.453 e. The quantitative estimate of drug-likeness (QED) is 0.851. The predicted molar refractivity (Wildman–Crippen MR) is 81.4 cm³/mol. The lowest BCUT2D eigenvalue weighted by atomic mass is 10.1. The zero-order valence-electron chi connectivity index (χ0n) is 12.9. The average molecular weight is 297 g/mol. The van der Waals surface area contributed by atoms with E-state index >= 15 is 0 Å². The minimum Gasteiger partial charge on any atom is -0.453 e. The number of nitrogens with zero attached hydrogens (tertiary/aromatic N) is 2. The summed E-state index contributed by atoms with van der Waals surface area (Å²) in [7, 11) is 1.37. The maximum atomic E-state index is 13.8. The second-order valence-electron chi connectivity index (χ2n) is 4.55. The van der Waals surface area contributed by atoms with Crippen LogP contribution in [0, 0.1) is 5.82 Å². The number of hydrogen-bond acceptors (Lipinski definition) is 4. The molecular formula is C15H24FN3O2. The molecule has 0 aromatic heterocycles. The number of nitrogens with two attached hydrogens (primary N) is 1. The van der Waals surface area contributed by atoms with Gasteiger partial charge in [-0.2, -0.15) is 0 Å². The number of halogens is 1. The third-order valence-corrected chi connectivity index (χ3v) is 3.31. The Morgan fingerprint density at radius 1 is 1.29 bits per heavy atom. The molecule has 118 valence electrons. The summed E-state index contributed by atoms with van der Waals surface area (Å²) >= 11 is 0. The first-order valence-corrected chi connectivity index (χ1v) is 7.20. The van der Waals surface area contributed by atoms with E-state index in [1.54, 1.807) is 23.1 Å². The van der Waals surface area contributed by atoms with Gasteiger partial charge in [0.05, 0.1) is 12.8 Å². The highest BCUT2D eigenvalue weighted by Crippen LogP contribution is 2.17. The van der Waals surface area contributed by atoms with Gasteiger partial charge in [-0.1, -0.05) is 26.0 Å². The summed E-state index contributed by atoms with van der Waals surface area (Å²) < 4.78 is 18.4. The molecular weight excluding hydrogens is 273 g/mol. The highest BCUT2D eigenvalue weighted by atomic mass is 19.1. The Labute approximate surface area is 125 Å². The van der Waals surface area contributed by atoms with E-state index in [9.17, 15) is 9.18 Å². The highest BCUT2D eigenvalue weighted by Gasteiger charge is 2.22. The maximum Gasteiger partial charge on any atom is 0.409 e. The number of nitrogen functional groups attached to an aromatic ring is 1. The Balaban J connectivity index is 0.00000106. The molecule has 1 heterocycles. The van der Waals surface area contributed by atoms with Gasteiger partial charge in [0, 0.05) is 38.3 Å². The summed E-state index contributed by atoms with van der Waals surface area (Å²) in [5, 5.41) is 0. The second kappa shape index (κ2) is 8.46. The number of rotatable bonds is 2. The molecule has 21 heavy (non-hydrogen) atoms. The van der Waals surface area contributed by atoms with Crippen molar-refractivity contribution in [2.75, 3.05) is 39.0 Å². The minimum atomic E-state index is -0.349. The van der Waals surface area contributed by atoms with E-state index in [4.69, 9.17) is 5.73 Å². The van der Waals surface area contributed by atoms with Gasteiger partial charge >= 0.3 is 6.09 Å². The lowest BCUT2D eigenvalue weighted by Gasteiger charge is -2.33. The Bertz CT molecular complexity index is 460. The SMILES string of the molecule is CC.COC(=O)N1CCN(Cc2cccc(N)c2F)CC1. The first-order valence-electron chi connectivity index (χ1n) is 7.20. The number of piperazine rings is 1. The number of benzene rings is 1. The summed E-state index contributed by atoms with van der Waals surface area (Å²) in [6, 6.07) is 5.03. The molecule has 2 N–H and O–H groups in total. The van der Waals surface area contributed by atoms with Crippen LogP contribution in [0.25, 0.3) is 0 Å². The molecule has 1 aliphatic rings. The summed E-state index contributed by atoms with van der Waals surface area (Å²) in [4.78, 5) is 15.1. The van der Waals surface area contributed by atoms with Gasteiger partial charge in [-0.05, 0) is 6.07 Å². The minimum absolute atomic E-state index is 0.172. The van der Waals surface area contributed by atoms with E-state index in [2.05, 4.69) is 9.64 Å². The summed E-state index contributed by atoms with van der Waals surface area (Å²) in [6.07, 6.45) is -0.310. The zero-order chi connectivity index (χ0) is 15.8. The molecule has 0 aliphatic carbocycles. The van der Waals surface area contributed by atoms with Crippen molar-refractivity contribution < 1.29 is 13.9 Å². The molecule has 1 aromatic rings. The fourth-order valence-corrected chi connectivity index (χ4v) is 2.18. The third kappa shape index (κ3) is 4.60. The molecule has 0 unspecified atom stereocenters. The van der Waals surface area contributed by atoms with Crippen LogP contribution in [-0.4, -0.2) is 49.2 Å². The van der Waals surface area contributed by atoms with E-state index < -0.39 is 0 Å². The van der Waals surface area contributed by atoms with Crippen LogP contribution in [0.3, 0.4) is 0 Å². The molecule has 2 rings (SSSR count). The van der Waals surface area contributed by atoms with Crippen LogP contribution >= 0.6 is 0 Å². The topological polar surface area (TPSA) is 58.8 Å². The molecule has 1 saturated heterocycles. The van der Waals surface area contributed by atoms with Crippen molar-refractivity contribution in [3.63, 3.8) is 0 Å². The van der Waals surface area contributed by atoms with Crippen molar-refractivity contribution in [2.24, 2.45) is 0 Å². The van der Waals surface area contributed by atoms with E-state index in [-0.39, 0.29) is 17.6 Å². The molecule has 1 aliphatic heterocycles. The number of ether oxygens (including phenoxy) is 1. The van der Waals surface area contributed by atoms with Crippen LogP contribution in [0.2, 0.25) is 0 Å². The van der Waals surface area contributed by atoms with E-state index in [1.165, 1.54) is 7.11 Å². The van der Waals surface area contributed by atoms with Gasteiger partial charge in [0.25, 0.3) is 0 Å². The summed E-state index contributed by atoms with van der Waals surface area (Å²) in [6.45, 7) is 7.09. The van der Waals surface area contributed by atoms with E-state index in [0.717, 1.165) is 0 Å². The molecule has 5 nitrogen and oxygen atoms in total. The third-order valence-electron chi connectivity index (χ3n) is 3.31. The normalized spacial score (nSPS) is 15.1. The van der Waals surface area contributed by atoms with Crippen LogP contribution in [0.15, 0.2) is 18.2 Å². The number of methoxy groups -OCH3 is 1.